The molecule has 0 aromatic heterocycles. The lowest BCUT2D eigenvalue weighted by atomic mass is 10.1. The van der Waals surface area contributed by atoms with Crippen LogP contribution in [0.15, 0.2) is 54.6 Å². The molecule has 2 aromatic carbocycles. The summed E-state index contributed by atoms with van der Waals surface area (Å²) in [5.41, 5.74) is 2.50. The average molecular weight is 510 g/mol. The van der Waals surface area contributed by atoms with Crippen molar-refractivity contribution in [2.75, 3.05) is 39.3 Å². The lowest BCUT2D eigenvalue weighted by Gasteiger charge is -2.35. The summed E-state index contributed by atoms with van der Waals surface area (Å²) < 4.78 is 11.6. The zero-order valence-corrected chi connectivity index (χ0v) is 22.2. The summed E-state index contributed by atoms with van der Waals surface area (Å²) in [6.45, 7) is 11.5. The van der Waals surface area contributed by atoms with E-state index in [1.165, 1.54) is 5.56 Å². The molecule has 2 aliphatic rings. The van der Waals surface area contributed by atoms with Gasteiger partial charge in [-0.3, -0.25) is 4.90 Å². The number of carbonyl (C=O) groups is 2. The van der Waals surface area contributed by atoms with Crippen LogP contribution in [-0.4, -0.2) is 77.9 Å². The molecule has 2 saturated heterocycles. The minimum absolute atomic E-state index is 0.160. The second-order valence-electron chi connectivity index (χ2n) is 10.7. The monoisotopic (exact) mass is 509 g/mol. The van der Waals surface area contributed by atoms with Crippen molar-refractivity contribution in [3.8, 4) is 0 Å². The van der Waals surface area contributed by atoms with Gasteiger partial charge in [0.2, 0.25) is 0 Å². The first-order valence-corrected chi connectivity index (χ1v) is 13.2. The smallest absolute Gasteiger partial charge is 0.410 e. The number of benzene rings is 2. The van der Waals surface area contributed by atoms with Gasteiger partial charge in [0.25, 0.3) is 0 Å². The van der Waals surface area contributed by atoms with Crippen LogP contribution >= 0.6 is 0 Å². The molecule has 0 saturated carbocycles. The normalized spacial score (nSPS) is 18.0. The van der Waals surface area contributed by atoms with Crippen molar-refractivity contribution in [3.05, 3.63) is 71.3 Å². The zero-order chi connectivity index (χ0) is 26.3. The lowest BCUT2D eigenvalue weighted by molar-refractivity contribution is -0.141. The molecule has 0 unspecified atom stereocenters. The van der Waals surface area contributed by atoms with Crippen LogP contribution in [0.3, 0.4) is 0 Å². The molecule has 2 aliphatic heterocycles. The lowest BCUT2D eigenvalue weighted by Crippen LogP contribution is -2.49. The number of hydrogen-bond donors (Lipinski definition) is 0. The largest absolute Gasteiger partial charge is 0.444 e. The maximum Gasteiger partial charge on any atom is 0.410 e. The molecule has 4 rings (SSSR count). The van der Waals surface area contributed by atoms with Crippen molar-refractivity contribution < 1.29 is 23.9 Å². The van der Waals surface area contributed by atoms with E-state index in [0.29, 0.717) is 38.3 Å². The molecule has 8 nitrogen and oxygen atoms in total. The van der Waals surface area contributed by atoms with Gasteiger partial charge in [0.05, 0.1) is 18.3 Å². The summed E-state index contributed by atoms with van der Waals surface area (Å²) in [7, 11) is 0. The van der Waals surface area contributed by atoms with Crippen LogP contribution in [0.2, 0.25) is 0 Å². The van der Waals surface area contributed by atoms with Gasteiger partial charge in [-0.2, -0.15) is 0 Å². The summed E-state index contributed by atoms with van der Waals surface area (Å²) in [5, 5.41) is 1.73. The van der Waals surface area contributed by atoms with Gasteiger partial charge in [0.1, 0.15) is 5.60 Å². The number of carbonyl (C=O) groups excluding carboxylic acids is 2. The van der Waals surface area contributed by atoms with E-state index in [9.17, 15) is 9.59 Å². The Hall–Kier alpha value is -2.94. The Kier molecular flexibility index (Phi) is 9.18. The van der Waals surface area contributed by atoms with Crippen LogP contribution in [0.25, 0.3) is 0 Å². The third-order valence-corrected chi connectivity index (χ3v) is 6.56. The third kappa shape index (κ3) is 8.55. The van der Waals surface area contributed by atoms with E-state index in [2.05, 4.69) is 29.2 Å². The Morgan fingerprint density at radius 1 is 0.838 bits per heavy atom. The Morgan fingerprint density at radius 3 is 2.08 bits per heavy atom. The Balaban J connectivity index is 1.13. The molecule has 2 heterocycles. The molecule has 37 heavy (non-hydrogen) atoms. The number of amides is 1. The van der Waals surface area contributed by atoms with E-state index >= 15 is 0 Å². The molecule has 0 spiro atoms. The Bertz CT molecular complexity index is 1010. The fourth-order valence-electron chi connectivity index (χ4n) is 4.46. The molecule has 0 aliphatic carbocycles. The van der Waals surface area contributed by atoms with Crippen LogP contribution < -0.4 is 0 Å². The molecule has 0 bridgehead atoms. The highest BCUT2D eigenvalue weighted by molar-refractivity contribution is 5.89. The van der Waals surface area contributed by atoms with Crippen LogP contribution in [-0.2, 0) is 27.5 Å². The van der Waals surface area contributed by atoms with Crippen LogP contribution in [0.1, 0.15) is 55.1 Å². The minimum Gasteiger partial charge on any atom is -0.444 e. The maximum absolute atomic E-state index is 12.3. The van der Waals surface area contributed by atoms with E-state index in [-0.39, 0.29) is 18.2 Å². The molecule has 200 valence electrons. The van der Waals surface area contributed by atoms with Crippen molar-refractivity contribution in [2.45, 2.75) is 58.5 Å². The molecule has 0 N–H and O–H groups in total. The van der Waals surface area contributed by atoms with E-state index in [1.54, 1.807) is 22.1 Å². The van der Waals surface area contributed by atoms with Gasteiger partial charge in [0.15, 0.2) is 0 Å². The Labute approximate surface area is 220 Å². The fraction of sp³-hybridized carbons (Fsp3) is 0.517. The first kappa shape index (κ1) is 27.1. The van der Waals surface area contributed by atoms with Gasteiger partial charge in [-0.1, -0.05) is 42.5 Å². The molecular weight excluding hydrogens is 470 g/mol. The van der Waals surface area contributed by atoms with Gasteiger partial charge >= 0.3 is 12.1 Å². The summed E-state index contributed by atoms with van der Waals surface area (Å²) >= 11 is 0. The van der Waals surface area contributed by atoms with Gasteiger partial charge in [-0.25, -0.2) is 9.59 Å². The van der Waals surface area contributed by atoms with Crippen LogP contribution in [0.4, 0.5) is 4.79 Å². The quantitative estimate of drug-likeness (QED) is 0.545. The van der Waals surface area contributed by atoms with E-state index in [1.807, 2.05) is 39.0 Å². The van der Waals surface area contributed by atoms with Gasteiger partial charge in [-0.15, -0.1) is 5.06 Å². The minimum atomic E-state index is -0.464. The fourth-order valence-corrected chi connectivity index (χ4v) is 4.46. The second-order valence-corrected chi connectivity index (χ2v) is 10.7. The second kappa shape index (κ2) is 12.5. The average Bonchev–Trinajstić information content (AvgIpc) is 2.89. The summed E-state index contributed by atoms with van der Waals surface area (Å²) in [4.78, 5) is 34.1. The van der Waals surface area contributed by atoms with Gasteiger partial charge in [0, 0.05) is 45.8 Å². The standard InChI is InChI=1S/C29H39N3O5/c1-29(2,3)36-28(34)31-19-17-30(18-20-31)21-23-9-11-24(12-10-23)22-35-26-13-15-32(16-14-26)37-27(33)25-7-5-4-6-8-25/h4-12,26H,13-22H2,1-3H3. The molecule has 0 radical (unpaired) electrons. The molecular formula is C29H39N3O5. The number of piperazine rings is 1. The number of hydroxylamine groups is 2. The van der Waals surface area contributed by atoms with E-state index in [0.717, 1.165) is 38.0 Å². The summed E-state index contributed by atoms with van der Waals surface area (Å²) in [6.07, 6.45) is 1.59. The number of nitrogens with zero attached hydrogens (tertiary/aromatic N) is 3. The third-order valence-electron chi connectivity index (χ3n) is 6.56. The van der Waals surface area contributed by atoms with Crippen molar-refractivity contribution >= 4 is 12.1 Å². The number of rotatable bonds is 7. The SMILES string of the molecule is CC(C)(C)OC(=O)N1CCN(Cc2ccc(COC3CCN(OC(=O)c4ccccc4)CC3)cc2)CC1. The van der Waals surface area contributed by atoms with Crippen LogP contribution in [0.5, 0.6) is 0 Å². The molecule has 2 fully saturated rings. The number of piperidine rings is 1. The molecule has 2 aromatic rings. The highest BCUT2D eigenvalue weighted by Gasteiger charge is 2.26. The zero-order valence-electron chi connectivity index (χ0n) is 22.2. The van der Waals surface area contributed by atoms with Gasteiger partial charge < -0.3 is 19.2 Å². The number of ether oxygens (including phenoxy) is 2. The molecule has 8 heteroatoms. The van der Waals surface area contributed by atoms with Crippen molar-refractivity contribution in [1.82, 2.24) is 14.9 Å². The summed E-state index contributed by atoms with van der Waals surface area (Å²) in [5.74, 6) is -0.315. The summed E-state index contributed by atoms with van der Waals surface area (Å²) in [6, 6.07) is 17.6. The van der Waals surface area contributed by atoms with E-state index in [4.69, 9.17) is 14.3 Å². The van der Waals surface area contributed by atoms with Crippen molar-refractivity contribution in [2.24, 2.45) is 0 Å². The maximum atomic E-state index is 12.3. The molecule has 0 atom stereocenters. The predicted octanol–water partition coefficient (Wildman–Crippen LogP) is 4.49. The number of hydrogen-bond acceptors (Lipinski definition) is 7. The topological polar surface area (TPSA) is 71.6 Å². The first-order valence-electron chi connectivity index (χ1n) is 13.2. The van der Waals surface area contributed by atoms with Crippen LogP contribution in [0, 0.1) is 0 Å². The first-order chi connectivity index (χ1) is 17.7. The highest BCUT2D eigenvalue weighted by atomic mass is 16.7. The van der Waals surface area contributed by atoms with Crippen molar-refractivity contribution in [3.63, 3.8) is 0 Å². The predicted molar refractivity (Wildman–Crippen MR) is 141 cm³/mol. The van der Waals surface area contributed by atoms with Crippen molar-refractivity contribution in [1.29, 1.82) is 0 Å². The van der Waals surface area contributed by atoms with E-state index < -0.39 is 5.60 Å². The Morgan fingerprint density at radius 2 is 1.46 bits per heavy atom. The van der Waals surface area contributed by atoms with Gasteiger partial charge in [-0.05, 0) is 56.9 Å². The molecule has 1 amide bonds. The highest BCUT2D eigenvalue weighted by Crippen LogP contribution is 2.18.